The van der Waals surface area contributed by atoms with Gasteiger partial charge in [0.15, 0.2) is 17.3 Å². The van der Waals surface area contributed by atoms with Crippen molar-refractivity contribution in [1.29, 1.82) is 0 Å². The van der Waals surface area contributed by atoms with E-state index >= 15 is 0 Å². The molecule has 0 aromatic heterocycles. The Morgan fingerprint density at radius 2 is 1.24 bits per heavy atom. The first-order chi connectivity index (χ1) is 24.4. The molecule has 4 N–H and O–H groups in total. The van der Waals surface area contributed by atoms with Crippen LogP contribution in [0.5, 0.6) is 11.5 Å². The van der Waals surface area contributed by atoms with Crippen molar-refractivity contribution in [2.24, 2.45) is 0 Å². The van der Waals surface area contributed by atoms with E-state index in [0.717, 1.165) is 54.3 Å². The van der Waals surface area contributed by atoms with Gasteiger partial charge in [-0.2, -0.15) is 0 Å². The fraction of sp³-hybridized carbons (Fsp3) is 0.270. The molecule has 14 heteroatoms. The normalized spacial score (nSPS) is 13.2. The maximum atomic E-state index is 13.8. The van der Waals surface area contributed by atoms with Crippen molar-refractivity contribution < 1.29 is 28.2 Å². The summed E-state index contributed by atoms with van der Waals surface area (Å²) in [6.45, 7) is 6.58. The smallest absolute Gasteiger partial charge is 0.255 e. The molecule has 2 aliphatic heterocycles. The van der Waals surface area contributed by atoms with Gasteiger partial charge in [-0.05, 0) is 111 Å². The first-order valence-electron chi connectivity index (χ1n) is 16.1. The van der Waals surface area contributed by atoms with E-state index in [0.29, 0.717) is 68.0 Å². The molecule has 0 bridgehead atoms. The van der Waals surface area contributed by atoms with Crippen LogP contribution in [-0.4, -0.2) is 44.4 Å². The number of carbonyl (C=O) groups is 3. The lowest BCUT2D eigenvalue weighted by atomic mass is 10.00. The molecule has 4 aromatic rings. The van der Waals surface area contributed by atoms with Crippen LogP contribution in [0.3, 0.4) is 0 Å². The van der Waals surface area contributed by atoms with Crippen LogP contribution < -0.4 is 30.7 Å². The molecule has 51 heavy (non-hydrogen) atoms. The number of rotatable bonds is 8. The fourth-order valence-electron chi connectivity index (χ4n) is 5.80. The monoisotopic (exact) mass is 774 g/mol. The van der Waals surface area contributed by atoms with E-state index < -0.39 is 11.7 Å². The number of anilines is 2. The Labute approximate surface area is 315 Å². The van der Waals surface area contributed by atoms with Crippen molar-refractivity contribution in [2.75, 3.05) is 37.4 Å². The summed E-state index contributed by atoms with van der Waals surface area (Å²) in [6.07, 6.45) is 1.58. The third-order valence-corrected chi connectivity index (χ3v) is 9.93. The van der Waals surface area contributed by atoms with E-state index in [2.05, 4.69) is 21.3 Å². The van der Waals surface area contributed by atoms with Crippen LogP contribution in [0.25, 0.3) is 0 Å². The van der Waals surface area contributed by atoms with Gasteiger partial charge in [-0.15, -0.1) is 0 Å². The number of fused-ring (bicyclic) bond motifs is 2. The van der Waals surface area contributed by atoms with E-state index in [1.807, 2.05) is 6.92 Å². The van der Waals surface area contributed by atoms with E-state index in [1.165, 1.54) is 32.2 Å². The third kappa shape index (κ3) is 8.77. The lowest BCUT2D eigenvalue weighted by Crippen LogP contribution is -2.25. The van der Waals surface area contributed by atoms with Gasteiger partial charge in [0.2, 0.25) is 0 Å². The average Bonchev–Trinajstić information content (AvgIpc) is 3.13. The predicted molar refractivity (Wildman–Crippen MR) is 200 cm³/mol. The number of benzene rings is 4. The van der Waals surface area contributed by atoms with Crippen LogP contribution in [-0.2, 0) is 25.9 Å². The number of hydrogen-bond acceptors (Lipinski definition) is 7. The van der Waals surface area contributed by atoms with Gasteiger partial charge in [-0.3, -0.25) is 14.4 Å². The highest BCUT2D eigenvalue weighted by Crippen LogP contribution is 2.37. The maximum absolute atomic E-state index is 13.8. The second-order valence-electron chi connectivity index (χ2n) is 11.7. The Balaban J connectivity index is 0.000000199. The molecule has 6 rings (SSSR count). The quantitative estimate of drug-likeness (QED) is 0.133. The van der Waals surface area contributed by atoms with Crippen molar-refractivity contribution in [3.05, 3.63) is 113 Å². The molecule has 0 saturated heterocycles. The molecule has 0 atom stereocenters. The highest BCUT2D eigenvalue weighted by atomic mass is 35.5. The fourth-order valence-corrected chi connectivity index (χ4v) is 7.00. The second kappa shape index (κ2) is 17.1. The number of ketones is 1. The zero-order chi connectivity index (χ0) is 36.8. The standard InChI is InChI=1S/C20H20Cl2N2O3.C17H15Cl2FN2O2/c1-3-27-18-5-4-12(8-14(18)11(2)25)20(26)24-17-9-16(21)13-6-7-23-10-15(13)19(17)22;1-24-15-3-2-9(6-13(15)20)17(23)22-14-7-12(18)10-4-5-21-8-11(10)16(14)19/h4-5,8-9,23H,3,6-7,10H2,1-2H3,(H,24,26);2-3,6-7,21H,4-5,8H2,1H3,(H,22,23). The first-order valence-corrected chi connectivity index (χ1v) is 17.6. The summed E-state index contributed by atoms with van der Waals surface area (Å²) in [5.41, 5.74) is 5.52. The molecular weight excluding hydrogens is 741 g/mol. The van der Waals surface area contributed by atoms with Gasteiger partial charge in [0.1, 0.15) is 5.75 Å². The van der Waals surface area contributed by atoms with E-state index in [9.17, 15) is 18.8 Å². The minimum Gasteiger partial charge on any atom is -0.494 e. The molecule has 0 unspecified atom stereocenters. The third-order valence-electron chi connectivity index (χ3n) is 8.39. The van der Waals surface area contributed by atoms with Crippen LogP contribution in [0.2, 0.25) is 20.1 Å². The number of amides is 2. The van der Waals surface area contributed by atoms with Crippen LogP contribution in [0.15, 0.2) is 48.5 Å². The zero-order valence-corrected chi connectivity index (χ0v) is 31.0. The van der Waals surface area contributed by atoms with E-state index in [1.54, 1.807) is 24.3 Å². The molecule has 2 aliphatic rings. The van der Waals surface area contributed by atoms with Crippen molar-refractivity contribution in [3.63, 3.8) is 0 Å². The predicted octanol–water partition coefficient (Wildman–Crippen LogP) is 8.53. The molecule has 2 heterocycles. The Morgan fingerprint density at radius 1 is 0.745 bits per heavy atom. The summed E-state index contributed by atoms with van der Waals surface area (Å²) < 4.78 is 24.1. The molecule has 9 nitrogen and oxygen atoms in total. The molecule has 0 radical (unpaired) electrons. The highest BCUT2D eigenvalue weighted by Gasteiger charge is 2.22. The summed E-state index contributed by atoms with van der Waals surface area (Å²) in [5, 5.41) is 14.0. The topological polar surface area (TPSA) is 118 Å². The first kappa shape index (κ1) is 38.3. The summed E-state index contributed by atoms with van der Waals surface area (Å²) in [4.78, 5) is 36.9. The minimum absolute atomic E-state index is 0.0764. The number of carbonyl (C=O) groups excluding carboxylic acids is 3. The summed E-state index contributed by atoms with van der Waals surface area (Å²) in [6, 6.07) is 12.1. The van der Waals surface area contributed by atoms with Gasteiger partial charge in [0.05, 0.1) is 40.7 Å². The maximum Gasteiger partial charge on any atom is 0.255 e. The minimum atomic E-state index is -0.607. The van der Waals surface area contributed by atoms with Gasteiger partial charge in [0, 0.05) is 34.3 Å². The van der Waals surface area contributed by atoms with Gasteiger partial charge in [-0.25, -0.2) is 4.39 Å². The number of ether oxygens (including phenoxy) is 2. The lowest BCUT2D eigenvalue weighted by molar-refractivity contribution is 0.100. The van der Waals surface area contributed by atoms with Crippen molar-refractivity contribution in [2.45, 2.75) is 39.8 Å². The highest BCUT2D eigenvalue weighted by molar-refractivity contribution is 6.38. The second-order valence-corrected chi connectivity index (χ2v) is 13.2. The molecule has 2 amide bonds. The van der Waals surface area contributed by atoms with Crippen molar-refractivity contribution in [1.82, 2.24) is 10.6 Å². The van der Waals surface area contributed by atoms with Gasteiger partial charge in [0.25, 0.3) is 11.8 Å². The van der Waals surface area contributed by atoms with Gasteiger partial charge >= 0.3 is 0 Å². The van der Waals surface area contributed by atoms with Crippen molar-refractivity contribution in [3.8, 4) is 11.5 Å². The number of Topliss-reactive ketones (excluding diaryl/α,β-unsaturated/α-hetero) is 1. The van der Waals surface area contributed by atoms with Gasteiger partial charge < -0.3 is 30.7 Å². The largest absolute Gasteiger partial charge is 0.494 e. The number of halogens is 5. The van der Waals surface area contributed by atoms with E-state index in [-0.39, 0.29) is 23.0 Å². The number of nitrogens with one attached hydrogen (secondary N) is 4. The Morgan fingerprint density at radius 3 is 1.69 bits per heavy atom. The molecule has 0 aliphatic carbocycles. The van der Waals surface area contributed by atoms with Crippen LogP contribution in [0.4, 0.5) is 15.8 Å². The van der Waals surface area contributed by atoms with Crippen LogP contribution >= 0.6 is 46.4 Å². The van der Waals surface area contributed by atoms with Crippen LogP contribution in [0, 0.1) is 5.82 Å². The average molecular weight is 777 g/mol. The van der Waals surface area contributed by atoms with E-state index in [4.69, 9.17) is 55.9 Å². The number of methoxy groups -OCH3 is 1. The van der Waals surface area contributed by atoms with Crippen LogP contribution in [0.1, 0.15) is 67.2 Å². The van der Waals surface area contributed by atoms with Crippen molar-refractivity contribution >= 4 is 75.4 Å². The molecule has 0 spiro atoms. The number of hydrogen-bond donors (Lipinski definition) is 4. The molecule has 0 saturated carbocycles. The Hall–Kier alpha value is -3.90. The summed E-state index contributed by atoms with van der Waals surface area (Å²) >= 11 is 25.6. The Kier molecular flexibility index (Phi) is 12.8. The SMILES string of the molecule is CCOc1ccc(C(=O)Nc2cc(Cl)c3c(c2Cl)CNCC3)cc1C(C)=O.COc1ccc(C(=O)Nc2cc(Cl)c3c(c2Cl)CNCC3)cc1F. The molecule has 4 aromatic carbocycles. The summed E-state index contributed by atoms with van der Waals surface area (Å²) in [7, 11) is 1.36. The Bertz CT molecular complexity index is 2010. The zero-order valence-electron chi connectivity index (χ0n) is 28.0. The molecule has 268 valence electrons. The molecular formula is C37H35Cl4FN4O5. The van der Waals surface area contributed by atoms with Gasteiger partial charge in [-0.1, -0.05) is 46.4 Å². The lowest BCUT2D eigenvalue weighted by Gasteiger charge is -2.22. The molecule has 0 fully saturated rings. The summed E-state index contributed by atoms with van der Waals surface area (Å²) in [5.74, 6) is -1.09.